The van der Waals surface area contributed by atoms with Crippen molar-refractivity contribution in [3.8, 4) is 5.75 Å². The van der Waals surface area contributed by atoms with Crippen LogP contribution in [-0.4, -0.2) is 29.2 Å². The molecule has 6 heteroatoms. The molecule has 0 aliphatic heterocycles. The van der Waals surface area contributed by atoms with Crippen molar-refractivity contribution in [3.63, 3.8) is 0 Å². The van der Waals surface area contributed by atoms with Crippen LogP contribution in [0, 0.1) is 6.92 Å². The third kappa shape index (κ3) is 3.30. The Hall–Kier alpha value is -2.01. The van der Waals surface area contributed by atoms with Crippen molar-refractivity contribution in [3.05, 3.63) is 47.0 Å². The Labute approximate surface area is 122 Å². The van der Waals surface area contributed by atoms with Gasteiger partial charge in [-0.15, -0.1) is 0 Å². The largest absolute Gasteiger partial charge is 0.490 e. The number of halogens is 1. The fourth-order valence-electron chi connectivity index (χ4n) is 1.76. The van der Waals surface area contributed by atoms with E-state index in [-0.39, 0.29) is 0 Å². The lowest BCUT2D eigenvalue weighted by Gasteiger charge is -2.10. The predicted molar refractivity (Wildman–Crippen MR) is 75.3 cm³/mol. The smallest absolute Gasteiger partial charge is 0.337 e. The zero-order chi connectivity index (χ0) is 14.5. The van der Waals surface area contributed by atoms with Crippen LogP contribution in [0.1, 0.15) is 16.2 Å². The molecule has 1 aromatic carbocycles. The van der Waals surface area contributed by atoms with E-state index in [2.05, 4.69) is 9.72 Å². The second-order valence-corrected chi connectivity index (χ2v) is 4.56. The average Bonchev–Trinajstić information content (AvgIpc) is 2.85. The molecule has 20 heavy (non-hydrogen) atoms. The molecule has 2 aromatic rings. The Kier molecular flexibility index (Phi) is 4.63. The van der Waals surface area contributed by atoms with Crippen molar-refractivity contribution in [2.75, 3.05) is 13.7 Å². The van der Waals surface area contributed by atoms with Gasteiger partial charge in [0.2, 0.25) is 0 Å². The zero-order valence-corrected chi connectivity index (χ0v) is 12.1. The summed E-state index contributed by atoms with van der Waals surface area (Å²) in [6, 6.07) is 4.82. The van der Waals surface area contributed by atoms with Gasteiger partial charge in [-0.25, -0.2) is 9.78 Å². The van der Waals surface area contributed by atoms with Gasteiger partial charge >= 0.3 is 5.97 Å². The number of imidazole rings is 1. The van der Waals surface area contributed by atoms with Gasteiger partial charge < -0.3 is 14.0 Å². The maximum atomic E-state index is 11.4. The molecule has 1 aromatic heterocycles. The standard InChI is InChI=1S/C14H15ClN2O3/c1-10-16-5-6-17(10)7-8-20-13-4-3-11(9-12(13)15)14(18)19-2/h3-6,9H,7-8H2,1-2H3. The first-order valence-electron chi connectivity index (χ1n) is 6.10. The van der Waals surface area contributed by atoms with E-state index in [1.54, 1.807) is 18.3 Å². The van der Waals surface area contributed by atoms with Gasteiger partial charge in [-0.1, -0.05) is 11.6 Å². The molecule has 0 saturated carbocycles. The molecule has 0 bridgehead atoms. The second kappa shape index (κ2) is 6.43. The summed E-state index contributed by atoms with van der Waals surface area (Å²) in [5.41, 5.74) is 0.398. The van der Waals surface area contributed by atoms with Crippen LogP contribution in [0.2, 0.25) is 5.02 Å². The Bertz CT molecular complexity index is 610. The minimum absolute atomic E-state index is 0.384. The third-order valence-electron chi connectivity index (χ3n) is 2.87. The number of ether oxygens (including phenoxy) is 2. The van der Waals surface area contributed by atoms with E-state index in [1.807, 2.05) is 17.7 Å². The summed E-state index contributed by atoms with van der Waals surface area (Å²) in [6.45, 7) is 3.08. The van der Waals surface area contributed by atoms with E-state index in [1.165, 1.54) is 13.2 Å². The monoisotopic (exact) mass is 294 g/mol. The highest BCUT2D eigenvalue weighted by molar-refractivity contribution is 6.32. The Morgan fingerprint density at radius 1 is 1.45 bits per heavy atom. The van der Waals surface area contributed by atoms with E-state index in [4.69, 9.17) is 16.3 Å². The maximum Gasteiger partial charge on any atom is 0.337 e. The number of carbonyl (C=O) groups excluding carboxylic acids is 1. The van der Waals surface area contributed by atoms with Gasteiger partial charge in [0.25, 0.3) is 0 Å². The van der Waals surface area contributed by atoms with Crippen molar-refractivity contribution in [1.82, 2.24) is 9.55 Å². The number of methoxy groups -OCH3 is 1. The fraction of sp³-hybridized carbons (Fsp3) is 0.286. The lowest BCUT2D eigenvalue weighted by Crippen LogP contribution is -2.09. The number of nitrogens with zero attached hydrogens (tertiary/aromatic N) is 2. The summed E-state index contributed by atoms with van der Waals surface area (Å²) < 4.78 is 12.2. The number of aromatic nitrogens is 2. The zero-order valence-electron chi connectivity index (χ0n) is 11.3. The number of rotatable bonds is 5. The second-order valence-electron chi connectivity index (χ2n) is 4.15. The van der Waals surface area contributed by atoms with Crippen molar-refractivity contribution < 1.29 is 14.3 Å². The normalized spacial score (nSPS) is 10.3. The molecular weight excluding hydrogens is 280 g/mol. The van der Waals surface area contributed by atoms with Crippen LogP contribution in [0.3, 0.4) is 0 Å². The molecule has 0 aliphatic rings. The SMILES string of the molecule is COC(=O)c1ccc(OCCn2ccnc2C)c(Cl)c1. The summed E-state index contributed by atoms with van der Waals surface area (Å²) in [6.07, 6.45) is 3.63. The van der Waals surface area contributed by atoms with E-state index in [0.717, 1.165) is 5.82 Å². The van der Waals surface area contributed by atoms with Crippen LogP contribution in [0.15, 0.2) is 30.6 Å². The molecule has 0 saturated heterocycles. The molecule has 0 N–H and O–H groups in total. The van der Waals surface area contributed by atoms with Crippen molar-refractivity contribution in [2.24, 2.45) is 0 Å². The van der Waals surface area contributed by atoms with Gasteiger partial charge in [-0.05, 0) is 25.1 Å². The Morgan fingerprint density at radius 3 is 2.85 bits per heavy atom. The minimum atomic E-state index is -0.424. The molecule has 5 nitrogen and oxygen atoms in total. The Balaban J connectivity index is 1.96. The van der Waals surface area contributed by atoms with E-state index < -0.39 is 5.97 Å². The number of esters is 1. The van der Waals surface area contributed by atoms with Crippen molar-refractivity contribution >= 4 is 17.6 Å². The lowest BCUT2D eigenvalue weighted by atomic mass is 10.2. The fourth-order valence-corrected chi connectivity index (χ4v) is 1.99. The number of benzene rings is 1. The highest BCUT2D eigenvalue weighted by Crippen LogP contribution is 2.25. The highest BCUT2D eigenvalue weighted by Gasteiger charge is 2.09. The average molecular weight is 295 g/mol. The van der Waals surface area contributed by atoms with Crippen molar-refractivity contribution in [2.45, 2.75) is 13.5 Å². The summed E-state index contributed by atoms with van der Waals surface area (Å²) >= 11 is 6.07. The molecular formula is C14H15ClN2O3. The van der Waals surface area contributed by atoms with Gasteiger partial charge in [-0.3, -0.25) is 0 Å². The van der Waals surface area contributed by atoms with Gasteiger partial charge in [0, 0.05) is 12.4 Å². The van der Waals surface area contributed by atoms with Gasteiger partial charge in [0.1, 0.15) is 18.2 Å². The number of carbonyl (C=O) groups is 1. The quantitative estimate of drug-likeness (QED) is 0.796. The summed E-state index contributed by atoms with van der Waals surface area (Å²) in [5, 5.41) is 0.384. The molecule has 0 atom stereocenters. The first-order chi connectivity index (χ1) is 9.61. The molecule has 0 amide bonds. The number of hydrogen-bond donors (Lipinski definition) is 0. The predicted octanol–water partition coefficient (Wildman–Crippen LogP) is 2.71. The van der Waals surface area contributed by atoms with Crippen LogP contribution < -0.4 is 4.74 Å². The van der Waals surface area contributed by atoms with Crippen LogP contribution in [-0.2, 0) is 11.3 Å². The van der Waals surface area contributed by atoms with Crippen molar-refractivity contribution in [1.29, 1.82) is 0 Å². The topological polar surface area (TPSA) is 53.4 Å². The molecule has 0 unspecified atom stereocenters. The van der Waals surface area contributed by atoms with E-state index >= 15 is 0 Å². The third-order valence-corrected chi connectivity index (χ3v) is 3.16. The lowest BCUT2D eigenvalue weighted by molar-refractivity contribution is 0.0600. The molecule has 2 rings (SSSR count). The summed E-state index contributed by atoms with van der Waals surface area (Å²) in [4.78, 5) is 15.5. The Morgan fingerprint density at radius 2 is 2.25 bits per heavy atom. The van der Waals surface area contributed by atoms with Crippen LogP contribution in [0.4, 0.5) is 0 Å². The highest BCUT2D eigenvalue weighted by atomic mass is 35.5. The number of aryl methyl sites for hydroxylation is 1. The molecule has 0 radical (unpaired) electrons. The van der Waals surface area contributed by atoms with E-state index in [0.29, 0.717) is 29.5 Å². The molecule has 0 spiro atoms. The maximum absolute atomic E-state index is 11.4. The molecule has 0 aliphatic carbocycles. The van der Waals surface area contributed by atoms with Crippen LogP contribution in [0.5, 0.6) is 5.75 Å². The molecule has 0 fully saturated rings. The number of hydrogen-bond acceptors (Lipinski definition) is 4. The molecule has 1 heterocycles. The first-order valence-corrected chi connectivity index (χ1v) is 6.48. The van der Waals surface area contributed by atoms with Crippen LogP contribution >= 0.6 is 11.6 Å². The summed E-state index contributed by atoms with van der Waals surface area (Å²) in [5.74, 6) is 1.05. The van der Waals surface area contributed by atoms with E-state index in [9.17, 15) is 4.79 Å². The van der Waals surface area contributed by atoms with Crippen LogP contribution in [0.25, 0.3) is 0 Å². The summed E-state index contributed by atoms with van der Waals surface area (Å²) in [7, 11) is 1.33. The molecule has 106 valence electrons. The van der Waals surface area contributed by atoms with Gasteiger partial charge in [0.15, 0.2) is 0 Å². The first kappa shape index (κ1) is 14.4. The minimum Gasteiger partial charge on any atom is -0.490 e. The van der Waals surface area contributed by atoms with Gasteiger partial charge in [0.05, 0.1) is 24.2 Å². The van der Waals surface area contributed by atoms with Gasteiger partial charge in [-0.2, -0.15) is 0 Å².